The van der Waals surface area contributed by atoms with Crippen LogP contribution in [0.2, 0.25) is 10.0 Å². The van der Waals surface area contributed by atoms with Gasteiger partial charge < -0.3 is 11.1 Å². The summed E-state index contributed by atoms with van der Waals surface area (Å²) >= 11 is 12.4. The number of hydrogen-bond acceptors (Lipinski definition) is 3. The third-order valence-corrected chi connectivity index (χ3v) is 5.47. The lowest BCUT2D eigenvalue weighted by Gasteiger charge is -2.43. The van der Waals surface area contributed by atoms with Gasteiger partial charge in [0.25, 0.3) is 0 Å². The summed E-state index contributed by atoms with van der Waals surface area (Å²) < 4.78 is 0. The van der Waals surface area contributed by atoms with Gasteiger partial charge in [-0.15, -0.1) is 0 Å². The first-order valence-electron chi connectivity index (χ1n) is 9.47. The monoisotopic (exact) mass is 419 g/mol. The van der Waals surface area contributed by atoms with Crippen LogP contribution in [0.15, 0.2) is 42.5 Å². The Kier molecular flexibility index (Phi) is 6.06. The predicted octanol–water partition coefficient (Wildman–Crippen LogP) is 4.69. The average Bonchev–Trinajstić information content (AvgIpc) is 2.85. The Bertz CT molecular complexity index is 878. The Morgan fingerprint density at radius 3 is 2.46 bits per heavy atom. The smallest absolute Gasteiger partial charge is 0.249 e. The summed E-state index contributed by atoms with van der Waals surface area (Å²) in [7, 11) is 0. The van der Waals surface area contributed by atoms with Gasteiger partial charge in [0.15, 0.2) is 0 Å². The number of fused-ring (bicyclic) bond motifs is 1. The van der Waals surface area contributed by atoms with Gasteiger partial charge in [-0.2, -0.15) is 0 Å². The Hall–Kier alpha value is -1.59. The van der Waals surface area contributed by atoms with E-state index in [0.29, 0.717) is 29.6 Å². The van der Waals surface area contributed by atoms with Crippen molar-refractivity contribution in [2.75, 3.05) is 25.0 Å². The first-order chi connectivity index (χ1) is 13.2. The molecule has 1 aliphatic heterocycles. The first kappa shape index (κ1) is 21.1. The molecule has 4 nitrogen and oxygen atoms in total. The van der Waals surface area contributed by atoms with E-state index in [0.717, 1.165) is 23.4 Å². The molecule has 1 aliphatic rings. The molecule has 1 amide bonds. The second-order valence-corrected chi connectivity index (χ2v) is 9.45. The van der Waals surface area contributed by atoms with Gasteiger partial charge in [-0.05, 0) is 35.2 Å². The molecule has 0 spiro atoms. The van der Waals surface area contributed by atoms with E-state index in [1.807, 2.05) is 42.5 Å². The number of nitrogens with one attached hydrogen (secondary N) is 1. The lowest BCUT2D eigenvalue weighted by atomic mass is 9.81. The lowest BCUT2D eigenvalue weighted by molar-refractivity contribution is -0.128. The zero-order valence-corrected chi connectivity index (χ0v) is 18.1. The van der Waals surface area contributed by atoms with Crippen LogP contribution in [-0.2, 0) is 16.8 Å². The molecular weight excluding hydrogens is 393 g/mol. The number of nitrogens with two attached hydrogens (primary N) is 1. The van der Waals surface area contributed by atoms with Gasteiger partial charge >= 0.3 is 0 Å². The van der Waals surface area contributed by atoms with Gasteiger partial charge in [0, 0.05) is 47.4 Å². The molecule has 0 saturated carbocycles. The molecule has 2 aromatic rings. The number of carbonyl (C=O) groups is 1. The molecule has 0 saturated heterocycles. The maximum Gasteiger partial charge on any atom is 0.249 e. The van der Waals surface area contributed by atoms with Crippen LogP contribution in [0.25, 0.3) is 0 Å². The zero-order valence-electron chi connectivity index (χ0n) is 16.6. The lowest BCUT2D eigenvalue weighted by Crippen LogP contribution is -2.56. The van der Waals surface area contributed by atoms with Crippen molar-refractivity contribution in [1.82, 2.24) is 4.90 Å². The van der Waals surface area contributed by atoms with Crippen LogP contribution in [0, 0.1) is 5.41 Å². The van der Waals surface area contributed by atoms with Crippen LogP contribution in [0.3, 0.4) is 0 Å². The second-order valence-electron chi connectivity index (χ2n) is 8.58. The van der Waals surface area contributed by atoms with E-state index < -0.39 is 5.54 Å². The highest BCUT2D eigenvalue weighted by atomic mass is 35.5. The summed E-state index contributed by atoms with van der Waals surface area (Å²) in [4.78, 5) is 15.7. The summed E-state index contributed by atoms with van der Waals surface area (Å²) in [5.41, 5.74) is 7.79. The zero-order chi connectivity index (χ0) is 20.5. The molecule has 2 aromatic carbocycles. The minimum absolute atomic E-state index is 0.00797. The quantitative estimate of drug-likeness (QED) is 0.713. The number of amides is 1. The molecule has 0 aliphatic carbocycles. The topological polar surface area (TPSA) is 58.4 Å². The molecule has 28 heavy (non-hydrogen) atoms. The summed E-state index contributed by atoms with van der Waals surface area (Å²) in [5, 5.41) is 4.30. The largest absolute Gasteiger partial charge is 0.329 e. The van der Waals surface area contributed by atoms with E-state index in [1.54, 1.807) is 0 Å². The minimum Gasteiger partial charge on any atom is -0.329 e. The maximum absolute atomic E-state index is 13.5. The molecule has 0 bridgehead atoms. The number of rotatable bonds is 6. The van der Waals surface area contributed by atoms with Crippen molar-refractivity contribution in [1.29, 1.82) is 0 Å². The number of halogens is 2. The van der Waals surface area contributed by atoms with Crippen LogP contribution >= 0.6 is 23.2 Å². The predicted molar refractivity (Wildman–Crippen MR) is 117 cm³/mol. The maximum atomic E-state index is 13.5. The van der Waals surface area contributed by atoms with Gasteiger partial charge in [-0.1, -0.05) is 62.2 Å². The molecule has 0 aromatic heterocycles. The molecule has 150 valence electrons. The summed E-state index contributed by atoms with van der Waals surface area (Å²) in [5.74, 6) is -0.0533. The fourth-order valence-corrected chi connectivity index (χ4v) is 4.39. The van der Waals surface area contributed by atoms with E-state index in [-0.39, 0.29) is 11.3 Å². The van der Waals surface area contributed by atoms with Crippen molar-refractivity contribution in [2.45, 2.75) is 32.7 Å². The molecule has 3 N–H and O–H groups in total. The van der Waals surface area contributed by atoms with Gasteiger partial charge in [0.05, 0.1) is 0 Å². The first-order valence-corrected chi connectivity index (χ1v) is 10.2. The van der Waals surface area contributed by atoms with E-state index >= 15 is 0 Å². The third kappa shape index (κ3) is 4.20. The standard InChI is InChI=1S/C22H27Cl2N3O/c1-21(2,3)14-27(10-9-25)22(13-15-5-4-6-16(23)11-15)18-8-7-17(24)12-19(18)26-20(22)28/h4-8,11-12H,9-10,13-14,25H2,1-3H3,(H,26,28)/t22-/m1/s1. The second kappa shape index (κ2) is 8.03. The molecular formula is C22H27Cl2N3O. The number of carbonyl (C=O) groups excluding carboxylic acids is 1. The van der Waals surface area contributed by atoms with Crippen LogP contribution in [0.1, 0.15) is 31.9 Å². The summed E-state index contributed by atoms with van der Waals surface area (Å²) in [6, 6.07) is 13.3. The van der Waals surface area contributed by atoms with Crippen LogP contribution in [-0.4, -0.2) is 30.4 Å². The van der Waals surface area contributed by atoms with Gasteiger partial charge in [-0.3, -0.25) is 9.69 Å². The number of hydrogen-bond donors (Lipinski definition) is 2. The van der Waals surface area contributed by atoms with E-state index in [1.165, 1.54) is 0 Å². The Morgan fingerprint density at radius 1 is 1.11 bits per heavy atom. The highest BCUT2D eigenvalue weighted by Gasteiger charge is 2.51. The average molecular weight is 420 g/mol. The van der Waals surface area contributed by atoms with Crippen molar-refractivity contribution in [3.05, 3.63) is 63.6 Å². The van der Waals surface area contributed by atoms with E-state index in [9.17, 15) is 4.79 Å². The van der Waals surface area contributed by atoms with E-state index in [4.69, 9.17) is 28.9 Å². The van der Waals surface area contributed by atoms with Crippen LogP contribution in [0.5, 0.6) is 0 Å². The molecule has 6 heteroatoms. The number of nitrogens with zero attached hydrogens (tertiary/aromatic N) is 1. The van der Waals surface area contributed by atoms with Crippen molar-refractivity contribution >= 4 is 34.8 Å². The molecule has 1 atom stereocenters. The summed E-state index contributed by atoms with van der Waals surface area (Å²) in [6.07, 6.45) is 0.504. The molecule has 3 rings (SSSR count). The van der Waals surface area contributed by atoms with Gasteiger partial charge in [0.1, 0.15) is 5.54 Å². The van der Waals surface area contributed by atoms with Crippen molar-refractivity contribution < 1.29 is 4.79 Å². The molecule has 1 heterocycles. The van der Waals surface area contributed by atoms with Gasteiger partial charge in [-0.25, -0.2) is 0 Å². The molecule has 0 fully saturated rings. The fraction of sp³-hybridized carbons (Fsp3) is 0.409. The number of benzene rings is 2. The summed E-state index contributed by atoms with van der Waals surface area (Å²) in [6.45, 7) is 8.29. The normalized spacial score (nSPS) is 19.0. The van der Waals surface area contributed by atoms with Crippen molar-refractivity contribution in [2.24, 2.45) is 11.1 Å². The number of anilines is 1. The SMILES string of the molecule is CC(C)(C)CN(CCN)[C@@]1(Cc2cccc(Cl)c2)C(=O)Nc2cc(Cl)ccc21. The van der Waals surface area contributed by atoms with Gasteiger partial charge in [0.2, 0.25) is 5.91 Å². The molecule has 0 radical (unpaired) electrons. The highest BCUT2D eigenvalue weighted by molar-refractivity contribution is 6.31. The molecule has 0 unspecified atom stereocenters. The van der Waals surface area contributed by atoms with E-state index in [2.05, 4.69) is 31.0 Å². The van der Waals surface area contributed by atoms with Crippen LogP contribution < -0.4 is 11.1 Å². The van der Waals surface area contributed by atoms with Crippen LogP contribution in [0.4, 0.5) is 5.69 Å². The Balaban J connectivity index is 2.17. The third-order valence-electron chi connectivity index (χ3n) is 5.00. The van der Waals surface area contributed by atoms with Crippen molar-refractivity contribution in [3.63, 3.8) is 0 Å². The Labute approximate surface area is 177 Å². The minimum atomic E-state index is -0.864. The van der Waals surface area contributed by atoms with Crippen molar-refractivity contribution in [3.8, 4) is 0 Å². The fourth-order valence-electron chi connectivity index (χ4n) is 4.01. The highest BCUT2D eigenvalue weighted by Crippen LogP contribution is 2.45. The Morgan fingerprint density at radius 2 is 1.82 bits per heavy atom.